The number of amides is 1. The van der Waals surface area contributed by atoms with Gasteiger partial charge in [-0.3, -0.25) is 4.79 Å². The van der Waals surface area contributed by atoms with E-state index in [0.29, 0.717) is 12.1 Å². The van der Waals surface area contributed by atoms with Crippen molar-refractivity contribution in [2.45, 2.75) is 26.7 Å². The van der Waals surface area contributed by atoms with E-state index < -0.39 is 0 Å². The number of pyridine rings is 1. The summed E-state index contributed by atoms with van der Waals surface area (Å²) in [4.78, 5) is 21.7. The van der Waals surface area contributed by atoms with E-state index in [1.54, 1.807) is 7.11 Å². The predicted octanol–water partition coefficient (Wildman–Crippen LogP) is 6.38. The Morgan fingerprint density at radius 3 is 2.38 bits per heavy atom. The van der Waals surface area contributed by atoms with E-state index in [2.05, 4.69) is 34.6 Å². The SMILES string of the molecule is COc1ccc(CCc2nc(C(=O)Nc3c(C)cccc3C)cc3c2[nH]c2ccccc23)cc1. The first-order chi connectivity index (χ1) is 16.5. The van der Waals surface area contributed by atoms with Gasteiger partial charge in [-0.1, -0.05) is 48.5 Å². The summed E-state index contributed by atoms with van der Waals surface area (Å²) >= 11 is 0. The van der Waals surface area contributed by atoms with Crippen LogP contribution in [0.1, 0.15) is 32.9 Å². The molecule has 0 bridgehead atoms. The van der Waals surface area contributed by atoms with Crippen molar-refractivity contribution in [2.24, 2.45) is 0 Å². The number of para-hydroxylation sites is 2. The van der Waals surface area contributed by atoms with Crippen molar-refractivity contribution < 1.29 is 9.53 Å². The Bertz CT molecular complexity index is 1480. The molecule has 0 spiro atoms. The Kier molecular flexibility index (Phi) is 5.76. The molecule has 5 aromatic rings. The minimum Gasteiger partial charge on any atom is -0.497 e. The highest BCUT2D eigenvalue weighted by atomic mass is 16.5. The number of fused-ring (bicyclic) bond motifs is 3. The van der Waals surface area contributed by atoms with Crippen molar-refractivity contribution >= 4 is 33.4 Å². The van der Waals surface area contributed by atoms with E-state index in [4.69, 9.17) is 9.72 Å². The molecule has 3 aromatic carbocycles. The number of nitrogens with one attached hydrogen (secondary N) is 2. The molecule has 5 rings (SSSR count). The predicted molar refractivity (Wildman–Crippen MR) is 138 cm³/mol. The van der Waals surface area contributed by atoms with Crippen molar-refractivity contribution in [3.05, 3.63) is 101 Å². The summed E-state index contributed by atoms with van der Waals surface area (Å²) in [6, 6.07) is 24.1. The zero-order valence-electron chi connectivity index (χ0n) is 19.6. The van der Waals surface area contributed by atoms with Gasteiger partial charge in [0.1, 0.15) is 11.4 Å². The number of hydrogen-bond acceptors (Lipinski definition) is 3. The lowest BCUT2D eigenvalue weighted by Gasteiger charge is -2.12. The second kappa shape index (κ2) is 9.02. The summed E-state index contributed by atoms with van der Waals surface area (Å²) in [6.07, 6.45) is 1.52. The van der Waals surface area contributed by atoms with Gasteiger partial charge in [-0.25, -0.2) is 4.98 Å². The first-order valence-electron chi connectivity index (χ1n) is 11.4. The molecule has 1 amide bonds. The fourth-order valence-corrected chi connectivity index (χ4v) is 4.45. The monoisotopic (exact) mass is 449 g/mol. The third-order valence-electron chi connectivity index (χ3n) is 6.33. The van der Waals surface area contributed by atoms with Crippen LogP contribution < -0.4 is 10.1 Å². The van der Waals surface area contributed by atoms with Crippen LogP contribution in [0.3, 0.4) is 0 Å². The highest BCUT2D eigenvalue weighted by molar-refractivity contribution is 6.12. The molecule has 34 heavy (non-hydrogen) atoms. The van der Waals surface area contributed by atoms with Gasteiger partial charge in [0.25, 0.3) is 5.91 Å². The van der Waals surface area contributed by atoms with E-state index in [-0.39, 0.29) is 5.91 Å². The van der Waals surface area contributed by atoms with Crippen molar-refractivity contribution in [3.63, 3.8) is 0 Å². The van der Waals surface area contributed by atoms with Gasteiger partial charge >= 0.3 is 0 Å². The summed E-state index contributed by atoms with van der Waals surface area (Å²) in [6.45, 7) is 4.00. The molecule has 5 heteroatoms. The standard InChI is InChI=1S/C29H27N3O2/c1-18-7-6-8-19(2)27(18)32-29(33)26-17-23-22-9-4-5-10-24(22)31-28(23)25(30-26)16-13-20-11-14-21(34-3)15-12-20/h4-12,14-15,17,31H,13,16H2,1-3H3,(H,32,33). The number of anilines is 1. The topological polar surface area (TPSA) is 67.0 Å². The number of aromatic nitrogens is 2. The fraction of sp³-hybridized carbons (Fsp3) is 0.172. The average Bonchev–Trinajstić information content (AvgIpc) is 3.24. The molecule has 0 fully saturated rings. The van der Waals surface area contributed by atoms with Crippen LogP contribution in [-0.4, -0.2) is 23.0 Å². The zero-order valence-corrected chi connectivity index (χ0v) is 19.6. The molecule has 0 unspecified atom stereocenters. The van der Waals surface area contributed by atoms with E-state index in [0.717, 1.165) is 56.5 Å². The van der Waals surface area contributed by atoms with Gasteiger partial charge in [0.15, 0.2) is 0 Å². The molecule has 2 heterocycles. The second-order valence-electron chi connectivity index (χ2n) is 8.62. The summed E-state index contributed by atoms with van der Waals surface area (Å²) in [5, 5.41) is 5.19. The van der Waals surface area contributed by atoms with E-state index in [1.165, 1.54) is 5.56 Å². The average molecular weight is 450 g/mol. The molecule has 170 valence electrons. The lowest BCUT2D eigenvalue weighted by Crippen LogP contribution is -2.16. The molecule has 0 atom stereocenters. The summed E-state index contributed by atoms with van der Waals surface area (Å²) in [5.41, 5.74) is 7.42. The number of hydrogen-bond donors (Lipinski definition) is 2. The highest BCUT2D eigenvalue weighted by Gasteiger charge is 2.17. The Balaban J connectivity index is 1.54. The molecule has 0 radical (unpaired) electrons. The minimum absolute atomic E-state index is 0.199. The van der Waals surface area contributed by atoms with Gasteiger partial charge in [0.05, 0.1) is 18.3 Å². The van der Waals surface area contributed by atoms with Crippen molar-refractivity contribution in [1.82, 2.24) is 9.97 Å². The van der Waals surface area contributed by atoms with E-state index in [9.17, 15) is 4.79 Å². The minimum atomic E-state index is -0.199. The third kappa shape index (κ3) is 4.13. The number of aromatic amines is 1. The zero-order chi connectivity index (χ0) is 23.7. The first-order valence-corrected chi connectivity index (χ1v) is 11.4. The number of nitrogens with zero attached hydrogens (tertiary/aromatic N) is 1. The summed E-state index contributed by atoms with van der Waals surface area (Å²) < 4.78 is 5.27. The molecule has 2 aromatic heterocycles. The molecule has 2 N–H and O–H groups in total. The van der Waals surface area contributed by atoms with Gasteiger partial charge in [-0.2, -0.15) is 0 Å². The maximum absolute atomic E-state index is 13.3. The number of carbonyl (C=O) groups is 1. The molecule has 0 aliphatic carbocycles. The molecule has 0 aliphatic rings. The largest absolute Gasteiger partial charge is 0.497 e. The molecular weight excluding hydrogens is 422 g/mol. The maximum Gasteiger partial charge on any atom is 0.274 e. The number of rotatable bonds is 6. The number of aryl methyl sites for hydroxylation is 4. The molecule has 0 aliphatic heterocycles. The Labute approximate surface area is 198 Å². The van der Waals surface area contributed by atoms with E-state index >= 15 is 0 Å². The normalized spacial score (nSPS) is 11.1. The van der Waals surface area contributed by atoms with Crippen LogP contribution >= 0.6 is 0 Å². The van der Waals surface area contributed by atoms with Crippen molar-refractivity contribution in [1.29, 1.82) is 0 Å². The number of H-pyrrole nitrogens is 1. The van der Waals surface area contributed by atoms with Crippen LogP contribution in [0.5, 0.6) is 5.75 Å². The smallest absolute Gasteiger partial charge is 0.274 e. The number of ether oxygens (including phenoxy) is 1. The lowest BCUT2D eigenvalue weighted by atomic mass is 10.0. The summed E-state index contributed by atoms with van der Waals surface area (Å²) in [7, 11) is 1.67. The van der Waals surface area contributed by atoms with Crippen LogP contribution in [0, 0.1) is 13.8 Å². The number of benzene rings is 3. The first kappa shape index (κ1) is 21.7. The number of methoxy groups -OCH3 is 1. The van der Waals surface area contributed by atoms with Crippen LogP contribution in [-0.2, 0) is 12.8 Å². The van der Waals surface area contributed by atoms with Crippen LogP contribution in [0.15, 0.2) is 72.8 Å². The van der Waals surface area contributed by atoms with Gasteiger partial charge in [0, 0.05) is 22.0 Å². The van der Waals surface area contributed by atoms with Crippen LogP contribution in [0.2, 0.25) is 0 Å². The van der Waals surface area contributed by atoms with Crippen molar-refractivity contribution in [3.8, 4) is 5.75 Å². The Hall–Kier alpha value is -4.12. The molecular formula is C29H27N3O2. The second-order valence-corrected chi connectivity index (χ2v) is 8.62. The Morgan fingerprint density at radius 1 is 0.912 bits per heavy atom. The quantitative estimate of drug-likeness (QED) is 0.316. The van der Waals surface area contributed by atoms with Crippen LogP contribution in [0.4, 0.5) is 5.69 Å². The van der Waals surface area contributed by atoms with Crippen LogP contribution in [0.25, 0.3) is 21.8 Å². The fourth-order valence-electron chi connectivity index (χ4n) is 4.45. The van der Waals surface area contributed by atoms with Crippen molar-refractivity contribution in [2.75, 3.05) is 12.4 Å². The molecule has 0 saturated heterocycles. The lowest BCUT2D eigenvalue weighted by molar-refractivity contribution is 0.102. The highest BCUT2D eigenvalue weighted by Crippen LogP contribution is 2.29. The third-order valence-corrected chi connectivity index (χ3v) is 6.33. The summed E-state index contributed by atoms with van der Waals surface area (Å²) in [5.74, 6) is 0.639. The van der Waals surface area contributed by atoms with Gasteiger partial charge in [-0.05, 0) is 67.6 Å². The number of carbonyl (C=O) groups excluding carboxylic acids is 1. The molecule has 5 nitrogen and oxygen atoms in total. The van der Waals surface area contributed by atoms with Gasteiger partial charge < -0.3 is 15.0 Å². The molecule has 0 saturated carbocycles. The Morgan fingerprint density at radius 2 is 1.65 bits per heavy atom. The maximum atomic E-state index is 13.3. The van der Waals surface area contributed by atoms with Gasteiger partial charge in [-0.15, -0.1) is 0 Å². The van der Waals surface area contributed by atoms with Gasteiger partial charge in [0.2, 0.25) is 0 Å². The van der Waals surface area contributed by atoms with E-state index in [1.807, 2.05) is 62.4 Å².